The van der Waals surface area contributed by atoms with Crippen LogP contribution < -0.4 is 9.47 Å². The van der Waals surface area contributed by atoms with Crippen LogP contribution in [0.4, 0.5) is 0 Å². The Kier molecular flexibility index (Phi) is 9.28. The molecule has 6 rings (SSSR count). The summed E-state index contributed by atoms with van der Waals surface area (Å²) >= 11 is 0. The number of hydrogen-bond donors (Lipinski definition) is 1. The number of oxazole rings is 1. The number of ether oxygens (including phenoxy) is 2. The van der Waals surface area contributed by atoms with Crippen molar-refractivity contribution in [2.24, 2.45) is 0 Å². The second-order valence-corrected chi connectivity index (χ2v) is 11.9. The number of hydrogen-bond acceptors (Lipinski definition) is 8. The van der Waals surface area contributed by atoms with Crippen molar-refractivity contribution in [1.82, 2.24) is 14.8 Å². The highest BCUT2D eigenvalue weighted by atomic mass is 16.5. The topological polar surface area (TPSA) is 105 Å². The molecule has 1 aromatic heterocycles. The molecular formula is C36H39N3O6. The van der Waals surface area contributed by atoms with Gasteiger partial charge in [-0.15, -0.1) is 0 Å². The Morgan fingerprint density at radius 2 is 1.78 bits per heavy atom. The first kappa shape index (κ1) is 30.6. The molecule has 9 heteroatoms. The number of methoxy groups -OCH3 is 1. The second-order valence-electron chi connectivity index (χ2n) is 11.9. The molecule has 234 valence electrons. The van der Waals surface area contributed by atoms with Crippen LogP contribution in [0, 0.1) is 6.92 Å². The van der Waals surface area contributed by atoms with E-state index in [9.17, 15) is 14.7 Å². The van der Waals surface area contributed by atoms with Gasteiger partial charge in [-0.05, 0) is 90.4 Å². The van der Waals surface area contributed by atoms with Crippen molar-refractivity contribution in [3.05, 3.63) is 112 Å². The molecule has 0 unspecified atom stereocenters. The number of rotatable bonds is 11. The van der Waals surface area contributed by atoms with Crippen molar-refractivity contribution in [1.29, 1.82) is 0 Å². The molecule has 2 aliphatic heterocycles. The number of Topliss-reactive ketones (excluding diaryl/α,β-unsaturated/α-hetero) is 1. The number of aromatic nitrogens is 1. The summed E-state index contributed by atoms with van der Waals surface area (Å²) in [6, 6.07) is 17.0. The van der Waals surface area contributed by atoms with Gasteiger partial charge in [0.2, 0.25) is 0 Å². The van der Waals surface area contributed by atoms with Gasteiger partial charge in [-0.25, -0.2) is 4.98 Å². The number of aliphatic hydroxyl groups is 1. The lowest BCUT2D eigenvalue weighted by Gasteiger charge is -2.31. The first-order chi connectivity index (χ1) is 21.9. The van der Waals surface area contributed by atoms with E-state index in [-0.39, 0.29) is 18.1 Å². The van der Waals surface area contributed by atoms with Crippen molar-refractivity contribution in [2.45, 2.75) is 58.4 Å². The molecule has 0 spiro atoms. The molecule has 1 amide bonds. The first-order valence-electron chi connectivity index (χ1n) is 15.5. The smallest absolute Gasteiger partial charge is 0.254 e. The predicted octanol–water partition coefficient (Wildman–Crippen LogP) is 5.15. The Balaban J connectivity index is 0.978. The van der Waals surface area contributed by atoms with Gasteiger partial charge in [0.1, 0.15) is 18.1 Å². The molecule has 0 saturated heterocycles. The van der Waals surface area contributed by atoms with Crippen molar-refractivity contribution in [2.75, 3.05) is 26.7 Å². The average molecular weight is 610 g/mol. The third-order valence-corrected chi connectivity index (χ3v) is 8.91. The van der Waals surface area contributed by atoms with E-state index in [4.69, 9.17) is 13.9 Å². The Morgan fingerprint density at radius 1 is 0.978 bits per heavy atom. The molecule has 1 N–H and O–H groups in total. The summed E-state index contributed by atoms with van der Waals surface area (Å²) in [7, 11) is 1.60. The molecule has 3 heterocycles. The molecular weight excluding hydrogens is 570 g/mol. The van der Waals surface area contributed by atoms with Crippen LogP contribution in [0.3, 0.4) is 0 Å². The van der Waals surface area contributed by atoms with Gasteiger partial charge in [0.25, 0.3) is 5.91 Å². The van der Waals surface area contributed by atoms with Crippen molar-refractivity contribution in [3.8, 4) is 11.5 Å². The zero-order valence-corrected chi connectivity index (χ0v) is 25.8. The van der Waals surface area contributed by atoms with Crippen LogP contribution in [-0.4, -0.2) is 64.4 Å². The SMILES string of the molecule is COc1ccc(C(=O)N2CCc3cc(C(=O)CC[C@H](O)CN4CCc5c(ccc(OCc6cnco6)c5C)C4)ccc3C2)cc1. The molecule has 2 aliphatic rings. The van der Waals surface area contributed by atoms with Gasteiger partial charge in [0.15, 0.2) is 17.9 Å². The molecule has 0 bridgehead atoms. The van der Waals surface area contributed by atoms with Gasteiger partial charge in [0.05, 0.1) is 19.4 Å². The van der Waals surface area contributed by atoms with Crippen molar-refractivity contribution >= 4 is 11.7 Å². The quantitative estimate of drug-likeness (QED) is 0.233. The number of amides is 1. The highest BCUT2D eigenvalue weighted by molar-refractivity contribution is 5.96. The molecule has 45 heavy (non-hydrogen) atoms. The number of carbonyl (C=O) groups excluding carboxylic acids is 2. The Hall–Kier alpha value is -4.47. The minimum atomic E-state index is -0.587. The van der Waals surface area contributed by atoms with E-state index < -0.39 is 6.10 Å². The Bertz CT molecular complexity index is 1650. The van der Waals surface area contributed by atoms with Gasteiger partial charge >= 0.3 is 0 Å². The number of aliphatic hydroxyl groups excluding tert-OH is 1. The van der Waals surface area contributed by atoms with Crippen LogP contribution in [0.5, 0.6) is 11.5 Å². The molecule has 4 aromatic rings. The monoisotopic (exact) mass is 609 g/mol. The van der Waals surface area contributed by atoms with Crippen LogP contribution in [0.25, 0.3) is 0 Å². The van der Waals surface area contributed by atoms with Crippen LogP contribution >= 0.6 is 0 Å². The summed E-state index contributed by atoms with van der Waals surface area (Å²) in [5.41, 5.74) is 7.15. The van der Waals surface area contributed by atoms with Crippen LogP contribution in [0.15, 0.2) is 71.6 Å². The van der Waals surface area contributed by atoms with Crippen molar-refractivity contribution < 1.29 is 28.6 Å². The largest absolute Gasteiger partial charge is 0.497 e. The lowest BCUT2D eigenvalue weighted by molar-refractivity contribution is 0.0734. The maximum Gasteiger partial charge on any atom is 0.254 e. The van der Waals surface area contributed by atoms with Gasteiger partial charge in [-0.1, -0.05) is 18.2 Å². The highest BCUT2D eigenvalue weighted by Crippen LogP contribution is 2.30. The molecule has 9 nitrogen and oxygen atoms in total. The average Bonchev–Trinajstić information content (AvgIpc) is 3.60. The van der Waals surface area contributed by atoms with E-state index >= 15 is 0 Å². The van der Waals surface area contributed by atoms with E-state index in [1.165, 1.54) is 17.5 Å². The number of ketones is 1. The maximum atomic E-state index is 13.1. The fourth-order valence-corrected chi connectivity index (χ4v) is 6.30. The highest BCUT2D eigenvalue weighted by Gasteiger charge is 2.24. The fraction of sp³-hybridized carbons (Fsp3) is 0.361. The summed E-state index contributed by atoms with van der Waals surface area (Å²) in [5, 5.41) is 10.8. The summed E-state index contributed by atoms with van der Waals surface area (Å²) in [6.07, 6.45) is 4.75. The van der Waals surface area contributed by atoms with E-state index in [2.05, 4.69) is 22.9 Å². The number of carbonyl (C=O) groups is 2. The van der Waals surface area contributed by atoms with E-state index in [1.807, 2.05) is 29.2 Å². The van der Waals surface area contributed by atoms with Crippen LogP contribution in [-0.2, 0) is 32.5 Å². The molecule has 0 saturated carbocycles. The Labute approximate surface area is 263 Å². The standard InChI is InChI=1S/C36H39N3O6/c1-24-33-14-15-38(19-29(33)7-12-35(24)44-22-32-18-37-23-45-32)21-30(40)8-11-34(41)27-3-4-28-20-39(16-13-26(28)17-27)36(42)25-5-9-31(43-2)10-6-25/h3-7,9-10,12,17-18,23,30,40H,8,11,13-16,19-22H2,1-2H3/t30-/m0/s1. The molecule has 0 fully saturated rings. The second kappa shape index (κ2) is 13.7. The fourth-order valence-electron chi connectivity index (χ4n) is 6.30. The summed E-state index contributed by atoms with van der Waals surface area (Å²) in [5.74, 6) is 2.27. The van der Waals surface area contributed by atoms with Crippen LogP contribution in [0.2, 0.25) is 0 Å². The van der Waals surface area contributed by atoms with E-state index in [0.29, 0.717) is 61.7 Å². The number of benzene rings is 3. The lowest BCUT2D eigenvalue weighted by atomic mass is 9.93. The van der Waals surface area contributed by atoms with Gasteiger partial charge in [-0.2, -0.15) is 0 Å². The summed E-state index contributed by atoms with van der Waals surface area (Å²) in [4.78, 5) is 34.1. The molecule has 0 aliphatic carbocycles. The Morgan fingerprint density at radius 3 is 2.56 bits per heavy atom. The normalized spacial score (nSPS) is 15.2. The maximum absolute atomic E-state index is 13.1. The minimum Gasteiger partial charge on any atom is -0.497 e. The molecule has 1 atom stereocenters. The number of nitrogens with zero attached hydrogens (tertiary/aromatic N) is 3. The predicted molar refractivity (Wildman–Crippen MR) is 168 cm³/mol. The van der Waals surface area contributed by atoms with Gasteiger partial charge in [0, 0.05) is 50.3 Å². The first-order valence-corrected chi connectivity index (χ1v) is 15.5. The minimum absolute atomic E-state index is 0.0115. The number of fused-ring (bicyclic) bond motifs is 2. The van der Waals surface area contributed by atoms with Gasteiger partial charge < -0.3 is 23.9 Å². The third-order valence-electron chi connectivity index (χ3n) is 8.91. The number of β-amino-alcohol motifs (C(OH)–C–C–N with tert-alkyl or cyclic N) is 1. The van der Waals surface area contributed by atoms with E-state index in [0.717, 1.165) is 42.0 Å². The zero-order valence-electron chi connectivity index (χ0n) is 25.8. The van der Waals surface area contributed by atoms with Gasteiger partial charge in [-0.3, -0.25) is 14.5 Å². The third kappa shape index (κ3) is 7.10. The molecule has 0 radical (unpaired) electrons. The summed E-state index contributed by atoms with van der Waals surface area (Å²) < 4.78 is 16.4. The van der Waals surface area contributed by atoms with E-state index in [1.54, 1.807) is 37.6 Å². The lowest BCUT2D eigenvalue weighted by Crippen LogP contribution is -2.37. The van der Waals surface area contributed by atoms with Crippen LogP contribution in [0.1, 0.15) is 67.1 Å². The summed E-state index contributed by atoms with van der Waals surface area (Å²) in [6.45, 7) is 5.67. The van der Waals surface area contributed by atoms with Crippen molar-refractivity contribution in [3.63, 3.8) is 0 Å². The zero-order chi connectivity index (χ0) is 31.3. The molecule has 3 aromatic carbocycles.